The molecule has 0 spiro atoms. The summed E-state index contributed by atoms with van der Waals surface area (Å²) in [5.74, 6) is 0.532. The Balaban J connectivity index is 2.37. The van der Waals surface area contributed by atoms with Gasteiger partial charge in [-0.2, -0.15) is 4.99 Å². The molecule has 1 amide bonds. The molecule has 0 aromatic heterocycles. The fraction of sp³-hybridized carbons (Fsp3) is 0.286. The number of hydrogen-bond acceptors (Lipinski definition) is 3. The van der Waals surface area contributed by atoms with Crippen molar-refractivity contribution >= 4 is 18.1 Å². The second kappa shape index (κ2) is 2.30. The summed E-state index contributed by atoms with van der Waals surface area (Å²) in [5.41, 5.74) is 0.989. The lowest BCUT2D eigenvalue weighted by Crippen LogP contribution is -2.30. The highest BCUT2D eigenvalue weighted by molar-refractivity contribution is 6.12. The van der Waals surface area contributed by atoms with E-state index in [-0.39, 0.29) is 5.91 Å². The number of carbonyl (C=O) groups excluding carboxylic acids is 1. The van der Waals surface area contributed by atoms with Crippen LogP contribution in [0.2, 0.25) is 0 Å². The van der Waals surface area contributed by atoms with Crippen LogP contribution in [0.4, 0.5) is 0 Å². The number of aliphatic imine (C=N–C) groups is 2. The highest BCUT2D eigenvalue weighted by Gasteiger charge is 2.17. The van der Waals surface area contributed by atoms with E-state index in [0.29, 0.717) is 12.3 Å². The first-order valence-corrected chi connectivity index (χ1v) is 3.38. The molecule has 0 fully saturated rings. The van der Waals surface area contributed by atoms with Crippen molar-refractivity contribution in [3.8, 4) is 0 Å². The predicted octanol–water partition coefficient (Wildman–Crippen LogP) is 0.0977. The van der Waals surface area contributed by atoms with E-state index in [0.717, 1.165) is 12.0 Å². The average Bonchev–Trinajstić information content (AvgIpc) is 2.04. The molecule has 55 valence electrons. The van der Waals surface area contributed by atoms with Crippen LogP contribution in [0.5, 0.6) is 0 Å². The Hall–Kier alpha value is -1.45. The average molecular weight is 148 g/mol. The van der Waals surface area contributed by atoms with Crippen LogP contribution < -0.4 is 5.32 Å². The number of fused-ring (bicyclic) bond motifs is 1. The molecule has 4 nitrogen and oxygen atoms in total. The van der Waals surface area contributed by atoms with Crippen molar-refractivity contribution in [3.63, 3.8) is 0 Å². The third kappa shape index (κ3) is 1.07. The van der Waals surface area contributed by atoms with E-state index in [4.69, 9.17) is 0 Å². The first-order valence-electron chi connectivity index (χ1n) is 3.38. The lowest BCUT2D eigenvalue weighted by Gasteiger charge is -2.14. The molecular weight excluding hydrogens is 142 g/mol. The van der Waals surface area contributed by atoms with Crippen LogP contribution >= 0.6 is 0 Å². The highest BCUT2D eigenvalue weighted by atomic mass is 16.1. The summed E-state index contributed by atoms with van der Waals surface area (Å²) < 4.78 is 0. The van der Waals surface area contributed by atoms with Gasteiger partial charge in [0.1, 0.15) is 5.84 Å². The van der Waals surface area contributed by atoms with Gasteiger partial charge in [0.2, 0.25) is 5.91 Å². The van der Waals surface area contributed by atoms with Crippen molar-refractivity contribution in [2.24, 2.45) is 9.98 Å². The van der Waals surface area contributed by atoms with E-state index >= 15 is 0 Å². The molecule has 2 aliphatic heterocycles. The molecule has 0 aromatic carbocycles. The van der Waals surface area contributed by atoms with Gasteiger partial charge in [-0.1, -0.05) is 0 Å². The van der Waals surface area contributed by atoms with Crippen molar-refractivity contribution in [2.45, 2.75) is 12.8 Å². The SMILES string of the molecule is O=C1CCC2=CN=[C]NC2=N1. The fourth-order valence-corrected chi connectivity index (χ4v) is 1.04. The Morgan fingerprint density at radius 3 is 3.36 bits per heavy atom. The van der Waals surface area contributed by atoms with E-state index in [1.807, 2.05) is 0 Å². The summed E-state index contributed by atoms with van der Waals surface area (Å²) in [6, 6.07) is 0. The summed E-state index contributed by atoms with van der Waals surface area (Å²) in [6.07, 6.45) is 5.43. The molecular formula is C7H6N3O. The number of hydrogen-bond donors (Lipinski definition) is 1. The first-order chi connectivity index (χ1) is 5.36. The van der Waals surface area contributed by atoms with Crippen LogP contribution in [0.3, 0.4) is 0 Å². The fourth-order valence-electron chi connectivity index (χ4n) is 1.04. The zero-order valence-corrected chi connectivity index (χ0v) is 5.79. The van der Waals surface area contributed by atoms with Crippen LogP contribution in [0.25, 0.3) is 0 Å². The monoisotopic (exact) mass is 148 g/mol. The number of nitrogens with zero attached hydrogens (tertiary/aromatic N) is 2. The molecule has 2 rings (SSSR count). The van der Waals surface area contributed by atoms with Gasteiger partial charge in [-0.3, -0.25) is 4.79 Å². The Bertz CT molecular complexity index is 288. The third-order valence-corrected chi connectivity index (χ3v) is 1.61. The van der Waals surface area contributed by atoms with Gasteiger partial charge in [0.05, 0.1) is 0 Å². The van der Waals surface area contributed by atoms with E-state index < -0.39 is 0 Å². The summed E-state index contributed by atoms with van der Waals surface area (Å²) in [6.45, 7) is 0. The van der Waals surface area contributed by atoms with Gasteiger partial charge >= 0.3 is 0 Å². The third-order valence-electron chi connectivity index (χ3n) is 1.61. The topological polar surface area (TPSA) is 53.8 Å². The minimum atomic E-state index is -0.0756. The van der Waals surface area contributed by atoms with Gasteiger partial charge < -0.3 is 5.32 Å². The minimum absolute atomic E-state index is 0.0756. The van der Waals surface area contributed by atoms with Crippen molar-refractivity contribution in [2.75, 3.05) is 0 Å². The predicted molar refractivity (Wildman–Crippen MR) is 40.3 cm³/mol. The maximum absolute atomic E-state index is 10.8. The zero-order valence-electron chi connectivity index (χ0n) is 5.79. The van der Waals surface area contributed by atoms with Crippen molar-refractivity contribution in [1.29, 1.82) is 0 Å². The molecule has 0 saturated heterocycles. The lowest BCUT2D eigenvalue weighted by atomic mass is 10.1. The number of amidine groups is 1. The molecule has 0 atom stereocenters. The molecule has 0 unspecified atom stereocenters. The molecule has 0 aromatic rings. The van der Waals surface area contributed by atoms with Crippen LogP contribution in [0.15, 0.2) is 21.8 Å². The maximum atomic E-state index is 10.8. The Morgan fingerprint density at radius 2 is 2.45 bits per heavy atom. The molecule has 0 saturated carbocycles. The molecule has 2 heterocycles. The lowest BCUT2D eigenvalue weighted by molar-refractivity contribution is -0.117. The molecule has 11 heavy (non-hydrogen) atoms. The number of amides is 1. The largest absolute Gasteiger partial charge is 0.321 e. The summed E-state index contributed by atoms with van der Waals surface area (Å²) >= 11 is 0. The summed E-state index contributed by atoms with van der Waals surface area (Å²) in [7, 11) is 0. The number of nitrogens with one attached hydrogen (secondary N) is 1. The molecule has 1 radical (unpaired) electrons. The number of rotatable bonds is 0. The minimum Gasteiger partial charge on any atom is -0.321 e. The quantitative estimate of drug-likeness (QED) is 0.529. The Labute approximate surface area is 63.7 Å². The highest BCUT2D eigenvalue weighted by Crippen LogP contribution is 2.14. The number of carbonyl (C=O) groups is 1. The smallest absolute Gasteiger partial charge is 0.247 e. The summed E-state index contributed by atoms with van der Waals surface area (Å²) in [4.78, 5) is 18.4. The molecule has 0 aliphatic carbocycles. The second-order valence-corrected chi connectivity index (χ2v) is 2.37. The van der Waals surface area contributed by atoms with Gasteiger partial charge in [0.15, 0.2) is 6.34 Å². The van der Waals surface area contributed by atoms with E-state index in [1.54, 1.807) is 6.20 Å². The van der Waals surface area contributed by atoms with Gasteiger partial charge in [-0.25, -0.2) is 4.99 Å². The molecule has 1 N–H and O–H groups in total. The van der Waals surface area contributed by atoms with Crippen LogP contribution in [0, 0.1) is 0 Å². The van der Waals surface area contributed by atoms with Crippen molar-refractivity contribution in [1.82, 2.24) is 5.32 Å². The van der Waals surface area contributed by atoms with E-state index in [1.165, 1.54) is 0 Å². The van der Waals surface area contributed by atoms with Crippen LogP contribution in [-0.2, 0) is 4.79 Å². The van der Waals surface area contributed by atoms with Gasteiger partial charge in [0, 0.05) is 18.2 Å². The molecule has 0 bridgehead atoms. The zero-order chi connectivity index (χ0) is 7.68. The van der Waals surface area contributed by atoms with Crippen molar-refractivity contribution in [3.05, 3.63) is 11.8 Å². The standard InChI is InChI=1S/C7H6N3O/c11-6-2-1-5-3-8-4-9-7(5)10-6/h3H,1-2H2,(H,8,9,10,11). The van der Waals surface area contributed by atoms with Gasteiger partial charge in [0.25, 0.3) is 0 Å². The Morgan fingerprint density at radius 1 is 1.55 bits per heavy atom. The second-order valence-electron chi connectivity index (χ2n) is 2.37. The van der Waals surface area contributed by atoms with E-state index in [9.17, 15) is 4.79 Å². The first kappa shape index (κ1) is 6.27. The van der Waals surface area contributed by atoms with Crippen LogP contribution in [-0.4, -0.2) is 18.1 Å². The normalized spacial score (nSPS) is 21.6. The van der Waals surface area contributed by atoms with Gasteiger partial charge in [-0.05, 0) is 6.42 Å². The van der Waals surface area contributed by atoms with E-state index in [2.05, 4.69) is 21.6 Å². The summed E-state index contributed by atoms with van der Waals surface area (Å²) in [5, 5.41) is 2.70. The van der Waals surface area contributed by atoms with Crippen LogP contribution in [0.1, 0.15) is 12.8 Å². The maximum Gasteiger partial charge on any atom is 0.247 e. The molecule has 4 heteroatoms. The molecule has 2 aliphatic rings. The Kier molecular flexibility index (Phi) is 1.31. The van der Waals surface area contributed by atoms with Crippen molar-refractivity contribution < 1.29 is 4.79 Å². The van der Waals surface area contributed by atoms with Gasteiger partial charge in [-0.15, -0.1) is 0 Å².